The summed E-state index contributed by atoms with van der Waals surface area (Å²) in [6.45, 7) is 13.3. The van der Waals surface area contributed by atoms with Crippen molar-refractivity contribution in [1.82, 2.24) is 18.8 Å². The van der Waals surface area contributed by atoms with Gasteiger partial charge in [-0.15, -0.1) is 0 Å². The molecule has 2 heterocycles. The van der Waals surface area contributed by atoms with Gasteiger partial charge in [-0.05, 0) is 44.9 Å². The molecular weight excluding hydrogens is 428 g/mol. The number of imidazole rings is 1. The zero-order valence-electron chi connectivity index (χ0n) is 19.9. The Labute approximate surface area is 191 Å². The summed E-state index contributed by atoms with van der Waals surface area (Å²) < 4.78 is 34.8. The lowest BCUT2D eigenvalue weighted by Crippen LogP contribution is -2.40. The minimum Gasteiger partial charge on any atom is -0.379 e. The predicted molar refractivity (Wildman–Crippen MR) is 125 cm³/mol. The van der Waals surface area contributed by atoms with Crippen LogP contribution in [0.5, 0.6) is 0 Å². The van der Waals surface area contributed by atoms with Crippen molar-refractivity contribution in [3.63, 3.8) is 0 Å². The lowest BCUT2D eigenvalue weighted by Gasteiger charge is -2.28. The van der Waals surface area contributed by atoms with Crippen molar-refractivity contribution in [3.05, 3.63) is 24.0 Å². The molecule has 1 aromatic heterocycles. The molecule has 0 N–H and O–H groups in total. The third-order valence-corrected chi connectivity index (χ3v) is 7.69. The number of nitrogens with zero attached hydrogens (tertiary/aromatic N) is 4. The normalized spacial score (nSPS) is 15.7. The Bertz CT molecular complexity index is 1040. The molecule has 0 spiro atoms. The monoisotopic (exact) mass is 464 g/mol. The first-order valence-corrected chi connectivity index (χ1v) is 13.0. The van der Waals surface area contributed by atoms with Crippen molar-refractivity contribution in [1.29, 1.82) is 0 Å². The number of fused-ring (bicyclic) bond motifs is 1. The van der Waals surface area contributed by atoms with Gasteiger partial charge >= 0.3 is 0 Å². The molecule has 2 aromatic rings. The van der Waals surface area contributed by atoms with Gasteiger partial charge in [-0.25, -0.2) is 13.4 Å². The maximum absolute atomic E-state index is 13.0. The number of morpholine rings is 1. The summed E-state index contributed by atoms with van der Waals surface area (Å²) in [5.41, 5.74) is 1.53. The Morgan fingerprint density at radius 3 is 2.47 bits per heavy atom. The summed E-state index contributed by atoms with van der Waals surface area (Å²) in [6.07, 6.45) is 0.904. The van der Waals surface area contributed by atoms with Crippen LogP contribution in [-0.2, 0) is 32.5 Å². The second-order valence-electron chi connectivity index (χ2n) is 8.97. The molecule has 0 aliphatic carbocycles. The number of ether oxygens (including phenoxy) is 1. The number of aryl methyl sites for hydroxylation is 2. The fraction of sp³-hybridized carbons (Fsp3) is 0.652. The average molecular weight is 465 g/mol. The minimum absolute atomic E-state index is 0.124. The van der Waals surface area contributed by atoms with Crippen LogP contribution in [0.25, 0.3) is 11.0 Å². The van der Waals surface area contributed by atoms with E-state index in [0.29, 0.717) is 57.1 Å². The lowest BCUT2D eigenvalue weighted by atomic mass is 10.1. The molecule has 1 aromatic carbocycles. The van der Waals surface area contributed by atoms with Gasteiger partial charge in [0.15, 0.2) is 0 Å². The smallest absolute Gasteiger partial charge is 0.243 e. The van der Waals surface area contributed by atoms with Gasteiger partial charge < -0.3 is 14.2 Å². The van der Waals surface area contributed by atoms with Crippen LogP contribution >= 0.6 is 0 Å². The molecule has 0 saturated carbocycles. The third-order valence-electron chi connectivity index (χ3n) is 5.79. The maximum Gasteiger partial charge on any atom is 0.243 e. The molecule has 9 heteroatoms. The van der Waals surface area contributed by atoms with E-state index in [0.717, 1.165) is 17.9 Å². The molecule has 1 aliphatic rings. The van der Waals surface area contributed by atoms with E-state index in [9.17, 15) is 13.2 Å². The number of hydrogen-bond acceptors (Lipinski definition) is 5. The fourth-order valence-electron chi connectivity index (χ4n) is 4.16. The van der Waals surface area contributed by atoms with Crippen molar-refractivity contribution < 1.29 is 17.9 Å². The summed E-state index contributed by atoms with van der Waals surface area (Å²) in [4.78, 5) is 19.8. The highest BCUT2D eigenvalue weighted by Gasteiger charge is 2.27. The lowest BCUT2D eigenvalue weighted by molar-refractivity contribution is -0.133. The van der Waals surface area contributed by atoms with Crippen LogP contribution in [0.2, 0.25) is 0 Å². The summed E-state index contributed by atoms with van der Waals surface area (Å²) in [5, 5.41) is 0. The Hall–Kier alpha value is -1.97. The molecule has 1 fully saturated rings. The number of benzene rings is 1. The van der Waals surface area contributed by atoms with Crippen molar-refractivity contribution >= 4 is 27.0 Å². The summed E-state index contributed by atoms with van der Waals surface area (Å²) in [6, 6.07) is 5.28. The SMILES string of the molecule is CCn1c(CCC(=O)N(CC(C)C)C(C)C)nc2cc(S(=O)(=O)N3CCOCC3)ccc21. The topological polar surface area (TPSA) is 84.7 Å². The molecule has 0 bridgehead atoms. The summed E-state index contributed by atoms with van der Waals surface area (Å²) in [7, 11) is -3.58. The van der Waals surface area contributed by atoms with Crippen LogP contribution in [0.3, 0.4) is 0 Å². The van der Waals surface area contributed by atoms with Crippen LogP contribution < -0.4 is 0 Å². The van der Waals surface area contributed by atoms with Crippen LogP contribution in [0.4, 0.5) is 0 Å². The second-order valence-corrected chi connectivity index (χ2v) is 10.9. The Kier molecular flexibility index (Phi) is 7.95. The van der Waals surface area contributed by atoms with Crippen molar-refractivity contribution in [2.24, 2.45) is 5.92 Å². The van der Waals surface area contributed by atoms with Gasteiger partial charge in [-0.3, -0.25) is 4.79 Å². The predicted octanol–water partition coefficient (Wildman–Crippen LogP) is 2.90. The van der Waals surface area contributed by atoms with E-state index in [1.54, 1.807) is 12.1 Å². The van der Waals surface area contributed by atoms with E-state index < -0.39 is 10.0 Å². The van der Waals surface area contributed by atoms with Crippen LogP contribution in [-0.4, -0.2) is 72.0 Å². The van der Waals surface area contributed by atoms with E-state index in [1.807, 2.05) is 31.7 Å². The van der Waals surface area contributed by atoms with Crippen molar-refractivity contribution in [2.45, 2.75) is 64.9 Å². The highest BCUT2D eigenvalue weighted by Crippen LogP contribution is 2.24. The average Bonchev–Trinajstić information content (AvgIpc) is 3.12. The van der Waals surface area contributed by atoms with Gasteiger partial charge in [0.1, 0.15) is 5.82 Å². The van der Waals surface area contributed by atoms with Crippen LogP contribution in [0, 0.1) is 5.92 Å². The molecular formula is C23H36N4O4S. The molecule has 178 valence electrons. The Balaban J connectivity index is 1.83. The molecule has 1 saturated heterocycles. The molecule has 0 unspecified atom stereocenters. The van der Waals surface area contributed by atoms with Crippen molar-refractivity contribution in [2.75, 3.05) is 32.8 Å². The second kappa shape index (κ2) is 10.3. The number of hydrogen-bond donors (Lipinski definition) is 0. The van der Waals surface area contributed by atoms with Crippen LogP contribution in [0.15, 0.2) is 23.1 Å². The van der Waals surface area contributed by atoms with Crippen LogP contribution in [0.1, 0.15) is 46.9 Å². The Morgan fingerprint density at radius 1 is 1.19 bits per heavy atom. The number of amides is 1. The number of sulfonamides is 1. The van der Waals surface area contributed by atoms with Gasteiger partial charge in [0, 0.05) is 45.1 Å². The first-order valence-electron chi connectivity index (χ1n) is 11.5. The number of aromatic nitrogens is 2. The molecule has 1 aliphatic heterocycles. The zero-order chi connectivity index (χ0) is 23.5. The fourth-order valence-corrected chi connectivity index (χ4v) is 5.58. The zero-order valence-corrected chi connectivity index (χ0v) is 20.7. The largest absolute Gasteiger partial charge is 0.379 e. The summed E-state index contributed by atoms with van der Waals surface area (Å²) >= 11 is 0. The highest BCUT2D eigenvalue weighted by atomic mass is 32.2. The van der Waals surface area contributed by atoms with Gasteiger partial charge in [0.25, 0.3) is 0 Å². The molecule has 3 rings (SSSR count). The third kappa shape index (κ3) is 5.32. The van der Waals surface area contributed by atoms with E-state index in [-0.39, 0.29) is 16.8 Å². The molecule has 1 amide bonds. The minimum atomic E-state index is -3.58. The number of carbonyl (C=O) groups is 1. The molecule has 32 heavy (non-hydrogen) atoms. The van der Waals surface area contributed by atoms with E-state index in [2.05, 4.69) is 18.4 Å². The van der Waals surface area contributed by atoms with Gasteiger partial charge in [0.05, 0.1) is 29.1 Å². The quantitative estimate of drug-likeness (QED) is 0.570. The van der Waals surface area contributed by atoms with E-state index in [4.69, 9.17) is 9.72 Å². The number of rotatable bonds is 9. The van der Waals surface area contributed by atoms with E-state index in [1.165, 1.54) is 4.31 Å². The Morgan fingerprint density at radius 2 is 1.88 bits per heavy atom. The van der Waals surface area contributed by atoms with Gasteiger partial charge in [0.2, 0.25) is 15.9 Å². The van der Waals surface area contributed by atoms with Gasteiger partial charge in [-0.1, -0.05) is 13.8 Å². The molecule has 8 nitrogen and oxygen atoms in total. The maximum atomic E-state index is 13.0. The molecule has 0 radical (unpaired) electrons. The number of carbonyl (C=O) groups excluding carboxylic acids is 1. The molecule has 0 atom stereocenters. The summed E-state index contributed by atoms with van der Waals surface area (Å²) in [5.74, 6) is 1.34. The highest BCUT2D eigenvalue weighted by molar-refractivity contribution is 7.89. The van der Waals surface area contributed by atoms with E-state index >= 15 is 0 Å². The first-order chi connectivity index (χ1) is 15.1. The van der Waals surface area contributed by atoms with Gasteiger partial charge in [-0.2, -0.15) is 4.31 Å². The van der Waals surface area contributed by atoms with Crippen molar-refractivity contribution in [3.8, 4) is 0 Å². The standard InChI is InChI=1S/C23H36N4O4S/c1-6-26-21-8-7-19(32(29,30)25-11-13-31-14-12-25)15-20(21)24-22(26)9-10-23(28)27(18(4)5)16-17(2)3/h7-8,15,17-18H,6,9-14,16H2,1-5H3. The first kappa shape index (κ1) is 24.7.